The molecule has 18 heteroatoms. The summed E-state index contributed by atoms with van der Waals surface area (Å²) in [6, 6.07) is 24.0. The van der Waals surface area contributed by atoms with Crippen molar-refractivity contribution in [2.75, 3.05) is 44.5 Å². The van der Waals surface area contributed by atoms with E-state index in [0.717, 1.165) is 53.9 Å². The molecule has 3 heterocycles. The summed E-state index contributed by atoms with van der Waals surface area (Å²) in [5.41, 5.74) is 3.18. The first kappa shape index (κ1) is 52.8. The highest BCUT2D eigenvalue weighted by atomic mass is 127. The van der Waals surface area contributed by atoms with Gasteiger partial charge >= 0.3 is 11.7 Å². The molecule has 1 fully saturated rings. The summed E-state index contributed by atoms with van der Waals surface area (Å²) in [7, 11) is 5.11. The van der Waals surface area contributed by atoms with Crippen LogP contribution in [0.25, 0.3) is 27.6 Å². The summed E-state index contributed by atoms with van der Waals surface area (Å²) >= 11 is 1.99. The molecule has 7 aromatic rings. The average molecular weight is 1110 g/mol. The first-order valence-corrected chi connectivity index (χ1v) is 25.6. The molecule has 1 amide bonds. The number of aryl methyl sites for hydroxylation is 3. The van der Waals surface area contributed by atoms with Crippen molar-refractivity contribution in [3.63, 3.8) is 0 Å². The normalized spacial score (nSPS) is 16.4. The van der Waals surface area contributed by atoms with E-state index in [4.69, 9.17) is 9.47 Å². The van der Waals surface area contributed by atoms with E-state index in [1.165, 1.54) is 53.0 Å². The number of nitrogens with zero attached hydrogens (tertiary/aromatic N) is 5. The summed E-state index contributed by atoms with van der Waals surface area (Å²) in [4.78, 5) is 75.6. The number of methoxy groups -OCH3 is 1. The standard InChI is InChI=1S/C29H38FN3O3.C26H23FIN5O4/c1-20(2)28-23-12-11-22(30)18-21(23)13-14-29(28,36-27(34)19-35-4)15-17-33(3)16-7-10-26-31-24-8-5-6-9-25(24)32-26;1-13-22-21(23(31(3)24(13)35)30-20-10-7-15(28)11-19(20)27)25(36)33(17-8-9-17)26(37)32(22)18-6-4-5-16(12-18)29-14(2)34/h5-6,8-9,11-12,18,20,28H,7,10,13-17,19H2,1-4H3,(H,31,32);4-7,10-12,17,30H,8-9H2,1-3H3,(H,29,34)/t28-,29-;/m0./s1. The number of nitrogens with one attached hydrogen (secondary N) is 3. The Morgan fingerprint density at radius 2 is 1.75 bits per heavy atom. The zero-order valence-electron chi connectivity index (χ0n) is 42.1. The number of halogens is 3. The van der Waals surface area contributed by atoms with Crippen molar-refractivity contribution in [3.05, 3.63) is 154 Å². The van der Waals surface area contributed by atoms with Gasteiger partial charge in [-0.2, -0.15) is 0 Å². The number of esters is 1. The van der Waals surface area contributed by atoms with Crippen molar-refractivity contribution in [3.8, 4) is 5.69 Å². The highest BCUT2D eigenvalue weighted by Gasteiger charge is 2.48. The summed E-state index contributed by atoms with van der Waals surface area (Å²) in [5.74, 6) is -0.0943. The Hall–Kier alpha value is -6.51. The van der Waals surface area contributed by atoms with Gasteiger partial charge in [0.15, 0.2) is 0 Å². The van der Waals surface area contributed by atoms with Gasteiger partial charge in [0, 0.05) is 67.2 Å². The summed E-state index contributed by atoms with van der Waals surface area (Å²) < 4.78 is 44.5. The van der Waals surface area contributed by atoms with E-state index in [0.29, 0.717) is 47.0 Å². The van der Waals surface area contributed by atoms with Crippen LogP contribution in [-0.2, 0) is 39.0 Å². The van der Waals surface area contributed by atoms with Crippen LogP contribution >= 0.6 is 22.6 Å². The van der Waals surface area contributed by atoms with Gasteiger partial charge in [-0.25, -0.2) is 23.4 Å². The van der Waals surface area contributed by atoms with Crippen LogP contribution in [0.2, 0.25) is 0 Å². The number of ether oxygens (including phenoxy) is 2. The number of aromatic amines is 1. The number of hydrogen-bond acceptors (Lipinski definition) is 10. The molecule has 3 aromatic heterocycles. The molecule has 0 radical (unpaired) electrons. The minimum atomic E-state index is -0.651. The number of carbonyl (C=O) groups excluding carboxylic acids is 2. The maximum atomic E-state index is 14.8. The summed E-state index contributed by atoms with van der Waals surface area (Å²) in [6.45, 7) is 8.85. The fourth-order valence-corrected chi connectivity index (χ4v) is 10.8. The van der Waals surface area contributed by atoms with Gasteiger partial charge in [-0.15, -0.1) is 0 Å². The maximum Gasteiger partial charge on any atom is 0.336 e. The Morgan fingerprint density at radius 1 is 0.986 bits per heavy atom. The Kier molecular flexibility index (Phi) is 16.1. The average Bonchev–Trinajstić information content (AvgIpc) is 4.09. The molecule has 15 nitrogen and oxygen atoms in total. The van der Waals surface area contributed by atoms with E-state index >= 15 is 0 Å². The fraction of sp³-hybridized carbons (Fsp3) is 0.382. The zero-order chi connectivity index (χ0) is 52.3. The van der Waals surface area contributed by atoms with Gasteiger partial charge in [0.05, 0.1) is 27.9 Å². The van der Waals surface area contributed by atoms with Gasteiger partial charge in [0.2, 0.25) is 5.91 Å². The number of pyridine rings is 1. The number of benzene rings is 4. The lowest BCUT2D eigenvalue weighted by atomic mass is 9.65. The molecule has 0 unspecified atom stereocenters. The number of imidazole rings is 1. The molecule has 2 aliphatic carbocycles. The topological polar surface area (TPSA) is 175 Å². The third-order valence-electron chi connectivity index (χ3n) is 13.7. The number of carbonyl (C=O) groups is 2. The van der Waals surface area contributed by atoms with Crippen LogP contribution in [0.5, 0.6) is 0 Å². The third-order valence-corrected chi connectivity index (χ3v) is 14.4. The monoisotopic (exact) mass is 1110 g/mol. The number of anilines is 3. The second-order valence-corrected chi connectivity index (χ2v) is 20.7. The molecule has 3 N–H and O–H groups in total. The minimum Gasteiger partial charge on any atom is -0.457 e. The van der Waals surface area contributed by atoms with Crippen LogP contribution in [0.3, 0.4) is 0 Å². The van der Waals surface area contributed by atoms with E-state index in [2.05, 4.69) is 46.4 Å². The molecule has 2 atom stereocenters. The molecule has 4 aromatic carbocycles. The Morgan fingerprint density at radius 3 is 2.45 bits per heavy atom. The van der Waals surface area contributed by atoms with Crippen molar-refractivity contribution < 1.29 is 27.8 Å². The second-order valence-electron chi connectivity index (χ2n) is 19.5. The predicted molar refractivity (Wildman–Crippen MR) is 288 cm³/mol. The number of rotatable bonds is 16. The number of amides is 1. The van der Waals surface area contributed by atoms with Crippen molar-refractivity contribution in [1.82, 2.24) is 28.6 Å². The third kappa shape index (κ3) is 11.5. The lowest BCUT2D eigenvalue weighted by molar-refractivity contribution is -0.172. The quantitative estimate of drug-likeness (QED) is 0.0625. The van der Waals surface area contributed by atoms with Gasteiger partial charge < -0.3 is 30.0 Å². The maximum absolute atomic E-state index is 14.8. The van der Waals surface area contributed by atoms with E-state index in [9.17, 15) is 32.8 Å². The van der Waals surface area contributed by atoms with Crippen LogP contribution in [0.1, 0.15) is 87.3 Å². The second kappa shape index (κ2) is 22.3. The van der Waals surface area contributed by atoms with E-state index in [1.807, 2.05) is 52.9 Å². The van der Waals surface area contributed by atoms with Crippen LogP contribution in [0.4, 0.5) is 26.0 Å². The molecule has 73 heavy (non-hydrogen) atoms. The zero-order valence-corrected chi connectivity index (χ0v) is 44.3. The Labute approximate surface area is 435 Å². The molecule has 1 saturated carbocycles. The number of hydrogen-bond donors (Lipinski definition) is 3. The lowest BCUT2D eigenvalue weighted by Gasteiger charge is -2.47. The van der Waals surface area contributed by atoms with Crippen LogP contribution in [0.15, 0.2) is 99.3 Å². The molecule has 384 valence electrons. The van der Waals surface area contributed by atoms with Gasteiger partial charge in [0.25, 0.3) is 11.1 Å². The Balaban J connectivity index is 0.000000195. The predicted octanol–water partition coefficient (Wildman–Crippen LogP) is 9.21. The Bertz CT molecular complexity index is 3370. The van der Waals surface area contributed by atoms with Crippen LogP contribution < -0.4 is 27.4 Å². The smallest absolute Gasteiger partial charge is 0.336 e. The highest BCUT2D eigenvalue weighted by molar-refractivity contribution is 14.1. The van der Waals surface area contributed by atoms with Gasteiger partial charge in [-0.05, 0) is 153 Å². The van der Waals surface area contributed by atoms with Crippen LogP contribution in [0, 0.1) is 28.0 Å². The minimum absolute atomic E-state index is 0.00777. The van der Waals surface area contributed by atoms with Gasteiger partial charge in [-0.1, -0.05) is 38.1 Å². The molecule has 2 aliphatic rings. The number of H-pyrrole nitrogens is 1. The largest absolute Gasteiger partial charge is 0.457 e. The van der Waals surface area contributed by atoms with E-state index in [1.54, 1.807) is 43.3 Å². The van der Waals surface area contributed by atoms with Gasteiger partial charge in [0.1, 0.15) is 40.9 Å². The fourth-order valence-electron chi connectivity index (χ4n) is 10.3. The van der Waals surface area contributed by atoms with Crippen molar-refractivity contribution in [2.45, 2.75) is 90.2 Å². The highest BCUT2D eigenvalue weighted by Crippen LogP contribution is 2.48. The molecule has 0 bridgehead atoms. The van der Waals surface area contributed by atoms with Crippen LogP contribution in [-0.4, -0.2) is 79.9 Å². The van der Waals surface area contributed by atoms with Crippen molar-refractivity contribution in [1.29, 1.82) is 0 Å². The molecule has 0 spiro atoms. The molecule has 0 saturated heterocycles. The number of fused-ring (bicyclic) bond motifs is 3. The number of para-hydroxylation sites is 2. The number of aromatic nitrogens is 5. The molecule has 9 rings (SSSR count). The summed E-state index contributed by atoms with van der Waals surface area (Å²) in [6.07, 6.45) is 5.27. The lowest BCUT2D eigenvalue weighted by Crippen LogP contribution is -2.49. The van der Waals surface area contributed by atoms with E-state index in [-0.39, 0.29) is 70.1 Å². The first-order valence-electron chi connectivity index (χ1n) is 24.5. The van der Waals surface area contributed by atoms with Crippen molar-refractivity contribution >= 4 is 73.6 Å². The summed E-state index contributed by atoms with van der Waals surface area (Å²) in [5, 5.41) is 5.72. The molecular formula is C55H61F2IN8O7. The van der Waals surface area contributed by atoms with E-state index < -0.39 is 28.2 Å². The molecule has 0 aliphatic heterocycles. The van der Waals surface area contributed by atoms with Gasteiger partial charge in [-0.3, -0.25) is 28.1 Å². The SMILES string of the molecule is CC(=O)Nc1cccc(-n2c(=O)n(C3CC3)c(=O)c3c(Nc4ccc(I)cc4F)n(C)c(=O)c(C)c32)c1.COCC(=O)O[C@]1(CCN(C)CCCc2nc3ccccc3[nH]2)CCc2cc(F)ccc2[C@@H]1C(C)C. The van der Waals surface area contributed by atoms with Crippen molar-refractivity contribution in [2.24, 2.45) is 13.0 Å². The molecular weight excluding hydrogens is 1050 g/mol. The first-order chi connectivity index (χ1) is 34.9.